The van der Waals surface area contributed by atoms with Gasteiger partial charge in [0.25, 0.3) is 0 Å². The Kier molecular flexibility index (Phi) is 7.12. The number of carbonyl (C=O) groups excluding carboxylic acids is 2. The number of ether oxygens (including phenoxy) is 1. The van der Waals surface area contributed by atoms with E-state index >= 15 is 0 Å². The van der Waals surface area contributed by atoms with Crippen LogP contribution in [0.25, 0.3) is 0 Å². The van der Waals surface area contributed by atoms with E-state index in [9.17, 15) is 18.0 Å². The van der Waals surface area contributed by atoms with Crippen LogP contribution in [0.4, 0.5) is 0 Å². The molecule has 1 aliphatic heterocycles. The first-order valence-corrected chi connectivity index (χ1v) is 11.3. The van der Waals surface area contributed by atoms with Gasteiger partial charge in [0.15, 0.2) is 0 Å². The van der Waals surface area contributed by atoms with Crippen LogP contribution in [0.2, 0.25) is 5.02 Å². The Balaban J connectivity index is 1.51. The van der Waals surface area contributed by atoms with E-state index < -0.39 is 16.0 Å². The molecule has 9 heteroatoms. The van der Waals surface area contributed by atoms with Crippen molar-refractivity contribution in [3.05, 3.63) is 64.7 Å². The van der Waals surface area contributed by atoms with E-state index in [0.717, 1.165) is 5.56 Å². The maximum Gasteiger partial charge on any atom is 0.337 e. The van der Waals surface area contributed by atoms with Crippen molar-refractivity contribution in [2.24, 2.45) is 5.92 Å². The molecule has 1 fully saturated rings. The largest absolute Gasteiger partial charge is 0.465 e. The zero-order valence-electron chi connectivity index (χ0n) is 16.5. The molecule has 1 saturated heterocycles. The minimum absolute atomic E-state index is 0.101. The molecule has 30 heavy (non-hydrogen) atoms. The Morgan fingerprint density at radius 2 is 1.67 bits per heavy atom. The summed E-state index contributed by atoms with van der Waals surface area (Å²) >= 11 is 5.83. The van der Waals surface area contributed by atoms with Gasteiger partial charge >= 0.3 is 5.97 Å². The lowest BCUT2D eigenvalue weighted by Crippen LogP contribution is -2.42. The fraction of sp³-hybridized carbons (Fsp3) is 0.333. The molecular weight excluding hydrogens is 428 g/mol. The number of methoxy groups -OCH3 is 1. The smallest absolute Gasteiger partial charge is 0.337 e. The molecule has 2 aromatic rings. The third kappa shape index (κ3) is 5.19. The molecule has 0 atom stereocenters. The van der Waals surface area contributed by atoms with E-state index in [2.05, 4.69) is 10.1 Å². The molecule has 1 amide bonds. The number of nitrogens with zero attached hydrogens (tertiary/aromatic N) is 1. The van der Waals surface area contributed by atoms with Crippen LogP contribution in [0.1, 0.15) is 28.8 Å². The summed E-state index contributed by atoms with van der Waals surface area (Å²) in [5, 5.41) is 3.36. The average molecular weight is 451 g/mol. The minimum Gasteiger partial charge on any atom is -0.465 e. The van der Waals surface area contributed by atoms with Crippen molar-refractivity contribution in [1.29, 1.82) is 0 Å². The van der Waals surface area contributed by atoms with E-state index in [4.69, 9.17) is 11.6 Å². The SMILES string of the molecule is COC(=O)c1ccc(CNC(=O)C2CCN(S(=O)(=O)c3ccc(Cl)cc3)CC2)cc1. The third-order valence-corrected chi connectivity index (χ3v) is 7.28. The topological polar surface area (TPSA) is 92.8 Å². The molecule has 160 valence electrons. The minimum atomic E-state index is -3.59. The van der Waals surface area contributed by atoms with Gasteiger partial charge in [0.1, 0.15) is 0 Å². The van der Waals surface area contributed by atoms with Gasteiger partial charge in [0, 0.05) is 30.6 Å². The van der Waals surface area contributed by atoms with Gasteiger partial charge in [0.05, 0.1) is 17.6 Å². The molecule has 0 aromatic heterocycles. The van der Waals surface area contributed by atoms with Crippen LogP contribution in [0.5, 0.6) is 0 Å². The Labute approximate surface area is 181 Å². The van der Waals surface area contributed by atoms with Crippen LogP contribution >= 0.6 is 11.6 Å². The molecule has 0 radical (unpaired) electrons. The molecule has 0 aliphatic carbocycles. The van der Waals surface area contributed by atoms with Crippen LogP contribution in [-0.4, -0.2) is 44.8 Å². The van der Waals surface area contributed by atoms with Crippen molar-refractivity contribution >= 4 is 33.5 Å². The summed E-state index contributed by atoms with van der Waals surface area (Å²) in [5.41, 5.74) is 1.31. The van der Waals surface area contributed by atoms with E-state index in [1.165, 1.54) is 23.5 Å². The molecule has 0 unspecified atom stereocenters. The normalized spacial score (nSPS) is 15.5. The van der Waals surface area contributed by atoms with Gasteiger partial charge in [-0.3, -0.25) is 4.79 Å². The van der Waals surface area contributed by atoms with Crippen LogP contribution < -0.4 is 5.32 Å². The van der Waals surface area contributed by atoms with Gasteiger partial charge in [0.2, 0.25) is 15.9 Å². The molecule has 7 nitrogen and oxygen atoms in total. The van der Waals surface area contributed by atoms with Crippen molar-refractivity contribution in [3.8, 4) is 0 Å². The van der Waals surface area contributed by atoms with Crippen LogP contribution in [0, 0.1) is 5.92 Å². The summed E-state index contributed by atoms with van der Waals surface area (Å²) in [4.78, 5) is 24.1. The molecule has 0 spiro atoms. The zero-order valence-corrected chi connectivity index (χ0v) is 18.1. The number of nitrogens with one attached hydrogen (secondary N) is 1. The highest BCUT2D eigenvalue weighted by Crippen LogP contribution is 2.25. The highest BCUT2D eigenvalue weighted by atomic mass is 35.5. The fourth-order valence-electron chi connectivity index (χ4n) is 3.32. The molecule has 1 N–H and O–H groups in total. The lowest BCUT2D eigenvalue weighted by molar-refractivity contribution is -0.126. The number of halogens is 1. The lowest BCUT2D eigenvalue weighted by Gasteiger charge is -2.30. The van der Waals surface area contributed by atoms with Gasteiger partial charge < -0.3 is 10.1 Å². The second-order valence-corrected chi connectivity index (χ2v) is 9.41. The number of rotatable bonds is 6. The number of amides is 1. The first-order chi connectivity index (χ1) is 14.3. The van der Waals surface area contributed by atoms with E-state index in [1.807, 2.05) is 0 Å². The molecule has 3 rings (SSSR count). The first kappa shape index (κ1) is 22.3. The number of carbonyl (C=O) groups is 2. The number of benzene rings is 2. The monoisotopic (exact) mass is 450 g/mol. The van der Waals surface area contributed by atoms with Crippen molar-refractivity contribution in [2.75, 3.05) is 20.2 Å². The van der Waals surface area contributed by atoms with E-state index in [0.29, 0.717) is 30.0 Å². The van der Waals surface area contributed by atoms with Crippen molar-refractivity contribution < 1.29 is 22.7 Å². The Morgan fingerprint density at radius 1 is 1.07 bits per heavy atom. The Hall–Kier alpha value is -2.42. The second kappa shape index (κ2) is 9.59. The number of hydrogen-bond acceptors (Lipinski definition) is 5. The molecule has 0 saturated carbocycles. The van der Waals surface area contributed by atoms with Crippen molar-refractivity contribution in [2.45, 2.75) is 24.3 Å². The fourth-order valence-corrected chi connectivity index (χ4v) is 4.92. The second-order valence-electron chi connectivity index (χ2n) is 7.04. The van der Waals surface area contributed by atoms with Gasteiger partial charge in [-0.05, 0) is 54.8 Å². The number of hydrogen-bond donors (Lipinski definition) is 1. The summed E-state index contributed by atoms with van der Waals surface area (Å²) in [6.07, 6.45) is 0.917. The standard InChI is InChI=1S/C21H23ClN2O5S/c1-29-21(26)17-4-2-15(3-5-17)14-23-20(25)16-10-12-24(13-11-16)30(27,28)19-8-6-18(22)7-9-19/h2-9,16H,10-14H2,1H3,(H,23,25). The summed E-state index contributed by atoms with van der Waals surface area (Å²) in [7, 11) is -2.27. The zero-order chi connectivity index (χ0) is 21.7. The highest BCUT2D eigenvalue weighted by Gasteiger charge is 2.32. The van der Waals surface area contributed by atoms with Crippen LogP contribution in [0.3, 0.4) is 0 Å². The van der Waals surface area contributed by atoms with Crippen LogP contribution in [0.15, 0.2) is 53.4 Å². The average Bonchev–Trinajstić information content (AvgIpc) is 2.77. The summed E-state index contributed by atoms with van der Waals surface area (Å²) in [6, 6.07) is 12.9. The maximum atomic E-state index is 12.7. The quantitative estimate of drug-likeness (QED) is 0.683. The van der Waals surface area contributed by atoms with Gasteiger partial charge in [-0.25, -0.2) is 13.2 Å². The predicted octanol–water partition coefficient (Wildman–Crippen LogP) is 2.84. The third-order valence-electron chi connectivity index (χ3n) is 5.12. The molecule has 0 bridgehead atoms. The van der Waals surface area contributed by atoms with Gasteiger partial charge in [-0.1, -0.05) is 23.7 Å². The van der Waals surface area contributed by atoms with E-state index in [-0.39, 0.29) is 29.8 Å². The lowest BCUT2D eigenvalue weighted by atomic mass is 9.97. The molecular formula is C21H23ClN2O5S. The highest BCUT2D eigenvalue weighted by molar-refractivity contribution is 7.89. The maximum absolute atomic E-state index is 12.7. The van der Waals surface area contributed by atoms with Crippen molar-refractivity contribution in [1.82, 2.24) is 9.62 Å². The first-order valence-electron chi connectivity index (χ1n) is 9.52. The molecule has 1 aliphatic rings. The molecule has 1 heterocycles. The number of esters is 1. The van der Waals surface area contributed by atoms with Crippen LogP contribution in [-0.2, 0) is 26.1 Å². The Morgan fingerprint density at radius 3 is 2.23 bits per heavy atom. The summed E-state index contributed by atoms with van der Waals surface area (Å²) in [6.45, 7) is 0.914. The number of sulfonamides is 1. The van der Waals surface area contributed by atoms with Gasteiger partial charge in [-0.15, -0.1) is 0 Å². The van der Waals surface area contributed by atoms with E-state index in [1.54, 1.807) is 36.4 Å². The summed E-state index contributed by atoms with van der Waals surface area (Å²) < 4.78 is 31.5. The Bertz CT molecular complexity index is 999. The van der Waals surface area contributed by atoms with Gasteiger partial charge in [-0.2, -0.15) is 4.31 Å². The predicted molar refractivity (Wildman–Crippen MR) is 113 cm³/mol. The summed E-state index contributed by atoms with van der Waals surface area (Å²) in [5.74, 6) is -0.752. The number of piperidine rings is 1. The molecule has 2 aromatic carbocycles. The van der Waals surface area contributed by atoms with Crippen molar-refractivity contribution in [3.63, 3.8) is 0 Å².